The van der Waals surface area contributed by atoms with Crippen molar-refractivity contribution in [3.8, 4) is 11.5 Å². The number of hydrogen-bond donors (Lipinski definition) is 4. The molecule has 1 aliphatic rings. The van der Waals surface area contributed by atoms with Crippen molar-refractivity contribution in [2.45, 2.75) is 65.3 Å². The zero-order valence-corrected chi connectivity index (χ0v) is 21.2. The molecule has 0 spiro atoms. The summed E-state index contributed by atoms with van der Waals surface area (Å²) < 4.78 is 5.36. The van der Waals surface area contributed by atoms with Gasteiger partial charge in [-0.25, -0.2) is 4.79 Å². The minimum atomic E-state index is -0.703. The molecule has 3 amide bonds. The molecule has 0 fully saturated rings. The van der Waals surface area contributed by atoms with Crippen molar-refractivity contribution in [2.75, 3.05) is 12.4 Å². The van der Waals surface area contributed by atoms with Gasteiger partial charge in [0.1, 0.15) is 11.5 Å². The molecule has 182 valence electrons. The van der Waals surface area contributed by atoms with Crippen LogP contribution in [0.2, 0.25) is 0 Å². The molecule has 3 rings (SSSR count). The van der Waals surface area contributed by atoms with Crippen LogP contribution in [0.25, 0.3) is 0 Å². The lowest BCUT2D eigenvalue weighted by Crippen LogP contribution is -2.46. The molecule has 7 nitrogen and oxygen atoms in total. The van der Waals surface area contributed by atoms with Gasteiger partial charge in [0.25, 0.3) is 5.91 Å². The Bertz CT molecular complexity index is 1120. The molecule has 1 heterocycles. The van der Waals surface area contributed by atoms with Crippen LogP contribution < -0.4 is 20.7 Å². The number of anilines is 1. The number of urea groups is 1. The van der Waals surface area contributed by atoms with Gasteiger partial charge in [-0.15, -0.1) is 0 Å². The van der Waals surface area contributed by atoms with Gasteiger partial charge in [0.05, 0.1) is 24.4 Å². The number of carbonyl (C=O) groups is 2. The van der Waals surface area contributed by atoms with E-state index in [0.29, 0.717) is 22.7 Å². The van der Waals surface area contributed by atoms with Crippen LogP contribution in [0.4, 0.5) is 10.5 Å². The Morgan fingerprint density at radius 2 is 1.59 bits per heavy atom. The fraction of sp³-hybridized carbons (Fsp3) is 0.407. The van der Waals surface area contributed by atoms with E-state index in [1.54, 1.807) is 26.2 Å². The number of benzene rings is 2. The molecule has 4 N–H and O–H groups in total. The summed E-state index contributed by atoms with van der Waals surface area (Å²) in [4.78, 5) is 26.0. The van der Waals surface area contributed by atoms with E-state index >= 15 is 0 Å². The predicted molar refractivity (Wildman–Crippen MR) is 134 cm³/mol. The summed E-state index contributed by atoms with van der Waals surface area (Å²) in [6, 6.07) is 9.82. The number of hydrogen-bond acceptors (Lipinski definition) is 4. The molecule has 1 unspecified atom stereocenters. The molecular formula is C27H35N3O4. The highest BCUT2D eigenvalue weighted by Gasteiger charge is 2.34. The Kier molecular flexibility index (Phi) is 6.69. The summed E-state index contributed by atoms with van der Waals surface area (Å²) in [6.45, 7) is 13.8. The van der Waals surface area contributed by atoms with Crippen LogP contribution in [0, 0.1) is 0 Å². The summed E-state index contributed by atoms with van der Waals surface area (Å²) in [5.74, 6) is 0.417. The molecule has 0 aromatic heterocycles. The monoisotopic (exact) mass is 465 g/mol. The number of nitrogens with one attached hydrogen (secondary N) is 3. The molecule has 7 heteroatoms. The Morgan fingerprint density at radius 1 is 1.03 bits per heavy atom. The van der Waals surface area contributed by atoms with Crippen LogP contribution in [0.5, 0.6) is 11.5 Å². The SMILES string of the molecule is COc1ccccc1NC(=O)C1=C(C)NC(=O)NC1c1cc(C(C)(C)C)c(O)c(C(C)(C)C)c1. The van der Waals surface area contributed by atoms with Gasteiger partial charge in [0.15, 0.2) is 0 Å². The highest BCUT2D eigenvalue weighted by molar-refractivity contribution is 6.07. The second-order valence-electron chi connectivity index (χ2n) is 10.7. The second kappa shape index (κ2) is 9.05. The third-order valence-corrected chi connectivity index (χ3v) is 5.95. The first-order valence-corrected chi connectivity index (χ1v) is 11.3. The number of phenolic OH excluding ortho intramolecular Hbond substituents is 1. The maximum atomic E-state index is 13.5. The lowest BCUT2D eigenvalue weighted by Gasteiger charge is -2.33. The Labute approximate surface area is 201 Å². The number of ether oxygens (including phenoxy) is 1. The minimum absolute atomic E-state index is 0.240. The highest BCUT2D eigenvalue weighted by Crippen LogP contribution is 2.42. The van der Waals surface area contributed by atoms with Gasteiger partial charge >= 0.3 is 6.03 Å². The van der Waals surface area contributed by atoms with Gasteiger partial charge in [0.2, 0.25) is 0 Å². The molecular weight excluding hydrogens is 430 g/mol. The quantitative estimate of drug-likeness (QED) is 0.495. The van der Waals surface area contributed by atoms with E-state index in [2.05, 4.69) is 16.0 Å². The van der Waals surface area contributed by atoms with Crippen molar-refractivity contribution in [2.24, 2.45) is 0 Å². The number of phenols is 1. The number of methoxy groups -OCH3 is 1. The van der Waals surface area contributed by atoms with Gasteiger partial charge < -0.3 is 25.8 Å². The second-order valence-corrected chi connectivity index (χ2v) is 10.7. The Hall–Kier alpha value is -3.48. The fourth-order valence-electron chi connectivity index (χ4n) is 4.15. The summed E-state index contributed by atoms with van der Waals surface area (Å²) in [7, 11) is 1.54. The number of para-hydroxylation sites is 2. The molecule has 34 heavy (non-hydrogen) atoms. The first-order chi connectivity index (χ1) is 15.7. The minimum Gasteiger partial charge on any atom is -0.507 e. The lowest BCUT2D eigenvalue weighted by molar-refractivity contribution is -0.113. The number of carbonyl (C=O) groups excluding carboxylic acids is 2. The van der Waals surface area contributed by atoms with Crippen LogP contribution in [-0.4, -0.2) is 24.2 Å². The van der Waals surface area contributed by atoms with E-state index in [9.17, 15) is 14.7 Å². The van der Waals surface area contributed by atoms with Gasteiger partial charge in [-0.05, 0) is 58.7 Å². The van der Waals surface area contributed by atoms with Gasteiger partial charge in [-0.1, -0.05) is 53.7 Å². The van der Waals surface area contributed by atoms with Crippen LogP contribution in [0.3, 0.4) is 0 Å². The first-order valence-electron chi connectivity index (χ1n) is 11.3. The lowest BCUT2D eigenvalue weighted by atomic mass is 9.77. The third-order valence-electron chi connectivity index (χ3n) is 5.95. The van der Waals surface area contributed by atoms with Crippen molar-refractivity contribution in [3.63, 3.8) is 0 Å². The Balaban J connectivity index is 2.16. The smallest absolute Gasteiger partial charge is 0.319 e. The molecule has 0 aliphatic carbocycles. The summed E-state index contributed by atoms with van der Waals surface area (Å²) >= 11 is 0. The molecule has 0 saturated carbocycles. The van der Waals surface area contributed by atoms with Crippen molar-refractivity contribution in [1.29, 1.82) is 0 Å². The van der Waals surface area contributed by atoms with Gasteiger partial charge in [0, 0.05) is 5.70 Å². The fourth-order valence-corrected chi connectivity index (χ4v) is 4.15. The van der Waals surface area contributed by atoms with Gasteiger partial charge in [-0.3, -0.25) is 4.79 Å². The normalized spacial score (nSPS) is 16.6. The van der Waals surface area contributed by atoms with Crippen LogP contribution in [0.1, 0.15) is 71.2 Å². The highest BCUT2D eigenvalue weighted by atomic mass is 16.5. The zero-order valence-electron chi connectivity index (χ0n) is 21.2. The molecule has 1 aliphatic heterocycles. The predicted octanol–water partition coefficient (Wildman–Crippen LogP) is 5.26. The van der Waals surface area contributed by atoms with E-state index in [1.807, 2.05) is 65.8 Å². The van der Waals surface area contributed by atoms with Crippen molar-refractivity contribution >= 4 is 17.6 Å². The van der Waals surface area contributed by atoms with E-state index in [-0.39, 0.29) is 28.5 Å². The summed E-state index contributed by atoms with van der Waals surface area (Å²) in [5, 5.41) is 19.6. The number of aromatic hydroxyl groups is 1. The van der Waals surface area contributed by atoms with Crippen molar-refractivity contribution < 1.29 is 19.4 Å². The first kappa shape index (κ1) is 25.1. The zero-order chi connectivity index (χ0) is 25.4. The topological polar surface area (TPSA) is 99.7 Å². The number of allylic oxidation sites excluding steroid dienone is 1. The molecule has 1 atom stereocenters. The van der Waals surface area contributed by atoms with E-state index in [1.165, 1.54) is 0 Å². The molecule has 0 bridgehead atoms. The maximum Gasteiger partial charge on any atom is 0.319 e. The van der Waals surface area contributed by atoms with Gasteiger partial charge in [-0.2, -0.15) is 0 Å². The van der Waals surface area contributed by atoms with Crippen LogP contribution in [-0.2, 0) is 15.6 Å². The van der Waals surface area contributed by atoms with Crippen molar-refractivity contribution in [1.82, 2.24) is 10.6 Å². The number of rotatable bonds is 4. The van der Waals surface area contributed by atoms with Crippen LogP contribution >= 0.6 is 0 Å². The maximum absolute atomic E-state index is 13.5. The van der Waals surface area contributed by atoms with Crippen LogP contribution in [0.15, 0.2) is 47.7 Å². The van der Waals surface area contributed by atoms with Crippen molar-refractivity contribution in [3.05, 3.63) is 64.4 Å². The molecule has 0 radical (unpaired) electrons. The summed E-state index contributed by atoms with van der Waals surface area (Å²) in [6.07, 6.45) is 0. The average Bonchev–Trinajstić information content (AvgIpc) is 2.71. The molecule has 2 aromatic carbocycles. The standard InChI is InChI=1S/C27H35N3O4/c1-15-21(24(32)29-19-11-9-10-12-20(19)34-8)22(30-25(33)28-15)16-13-17(26(2,3)4)23(31)18(14-16)27(5,6)7/h9-14,22,31H,1-8H3,(H,29,32)(H2,28,30,33). The van der Waals surface area contributed by atoms with E-state index in [0.717, 1.165) is 16.7 Å². The molecule has 0 saturated heterocycles. The summed E-state index contributed by atoms with van der Waals surface area (Å²) in [5.41, 5.74) is 2.91. The number of amides is 3. The largest absolute Gasteiger partial charge is 0.507 e. The average molecular weight is 466 g/mol. The molecule has 2 aromatic rings. The third kappa shape index (κ3) is 5.03. The van der Waals surface area contributed by atoms with E-state index in [4.69, 9.17) is 4.74 Å². The Morgan fingerprint density at radius 3 is 2.12 bits per heavy atom. The van der Waals surface area contributed by atoms with E-state index < -0.39 is 6.04 Å².